The van der Waals surface area contributed by atoms with E-state index in [1.807, 2.05) is 5.38 Å². The Balaban J connectivity index is 1.61. The number of carbonyl (C=O) groups excluding carboxylic acids is 1. The minimum Gasteiger partial charge on any atom is -0.298 e. The molecule has 0 aliphatic heterocycles. The van der Waals surface area contributed by atoms with E-state index in [-0.39, 0.29) is 11.7 Å². The van der Waals surface area contributed by atoms with E-state index < -0.39 is 0 Å². The topological polar surface area (TPSA) is 72.2 Å². The number of amides is 1. The van der Waals surface area contributed by atoms with Crippen LogP contribution in [0.1, 0.15) is 16.1 Å². The van der Waals surface area contributed by atoms with Gasteiger partial charge in [0.05, 0.1) is 11.4 Å². The number of halogens is 1. The summed E-state index contributed by atoms with van der Waals surface area (Å²) in [6.07, 6.45) is 3.35. The maximum atomic E-state index is 13.0. The molecule has 0 spiro atoms. The van der Waals surface area contributed by atoms with Crippen molar-refractivity contribution in [2.24, 2.45) is 0 Å². The molecule has 0 fully saturated rings. The lowest BCUT2D eigenvalue weighted by Crippen LogP contribution is -2.13. The van der Waals surface area contributed by atoms with Crippen molar-refractivity contribution in [2.45, 2.75) is 6.92 Å². The molecule has 0 aliphatic carbocycles. The molecule has 0 radical (unpaired) electrons. The number of fused-ring (bicyclic) bond motifs is 1. The predicted octanol–water partition coefficient (Wildman–Crippen LogP) is 3.55. The van der Waals surface area contributed by atoms with E-state index in [1.54, 1.807) is 42.0 Å². The van der Waals surface area contributed by atoms with Crippen LogP contribution in [0, 0.1) is 12.7 Å². The Morgan fingerprint density at radius 1 is 1.28 bits per heavy atom. The number of thiazole rings is 1. The Morgan fingerprint density at radius 2 is 2.08 bits per heavy atom. The van der Waals surface area contributed by atoms with Crippen molar-refractivity contribution in [1.82, 2.24) is 19.6 Å². The van der Waals surface area contributed by atoms with Gasteiger partial charge in [0, 0.05) is 23.3 Å². The van der Waals surface area contributed by atoms with Gasteiger partial charge in [-0.25, -0.2) is 18.9 Å². The van der Waals surface area contributed by atoms with Crippen LogP contribution in [0.5, 0.6) is 0 Å². The van der Waals surface area contributed by atoms with E-state index in [0.717, 1.165) is 5.56 Å². The van der Waals surface area contributed by atoms with Crippen molar-refractivity contribution in [1.29, 1.82) is 0 Å². The second-order valence-corrected chi connectivity index (χ2v) is 6.21. The third kappa shape index (κ3) is 2.87. The normalized spacial score (nSPS) is 11.0. The molecule has 3 aromatic heterocycles. The highest BCUT2D eigenvalue weighted by molar-refractivity contribution is 7.14. The molecule has 25 heavy (non-hydrogen) atoms. The Labute approximate surface area is 146 Å². The second kappa shape index (κ2) is 6.06. The van der Waals surface area contributed by atoms with Crippen LogP contribution in [0.15, 0.2) is 48.1 Å². The quantitative estimate of drug-likeness (QED) is 0.611. The van der Waals surface area contributed by atoms with Gasteiger partial charge in [0.2, 0.25) is 0 Å². The fourth-order valence-electron chi connectivity index (χ4n) is 2.51. The lowest BCUT2D eigenvalue weighted by atomic mass is 10.2. The maximum Gasteiger partial charge on any atom is 0.263 e. The molecule has 0 saturated carbocycles. The third-order valence-electron chi connectivity index (χ3n) is 3.66. The molecule has 0 bridgehead atoms. The smallest absolute Gasteiger partial charge is 0.263 e. The van der Waals surface area contributed by atoms with Gasteiger partial charge < -0.3 is 0 Å². The molecule has 0 unspecified atom stereocenters. The van der Waals surface area contributed by atoms with Gasteiger partial charge in [-0.1, -0.05) is 0 Å². The van der Waals surface area contributed by atoms with E-state index in [2.05, 4.69) is 20.4 Å². The van der Waals surface area contributed by atoms with E-state index >= 15 is 0 Å². The maximum absolute atomic E-state index is 13.0. The lowest BCUT2D eigenvalue weighted by molar-refractivity contribution is 0.102. The molecular weight excluding hydrogens is 341 g/mol. The molecular formula is C17H12FN5OS. The Kier molecular flexibility index (Phi) is 3.73. The van der Waals surface area contributed by atoms with Gasteiger partial charge in [0.15, 0.2) is 10.8 Å². The van der Waals surface area contributed by atoms with Crippen molar-refractivity contribution in [3.63, 3.8) is 0 Å². The van der Waals surface area contributed by atoms with E-state index in [9.17, 15) is 9.18 Å². The number of nitrogens with zero attached hydrogens (tertiary/aromatic N) is 4. The first kappa shape index (κ1) is 15.4. The van der Waals surface area contributed by atoms with Crippen LogP contribution < -0.4 is 5.32 Å². The number of rotatable bonds is 3. The summed E-state index contributed by atoms with van der Waals surface area (Å²) in [6.45, 7) is 1.76. The highest BCUT2D eigenvalue weighted by atomic mass is 32.1. The summed E-state index contributed by atoms with van der Waals surface area (Å²) in [4.78, 5) is 21.2. The number of anilines is 1. The SMILES string of the molecule is Cc1nn2cccnc2c1C(=O)Nc1nc(-c2ccc(F)cc2)cs1. The second-order valence-electron chi connectivity index (χ2n) is 5.35. The standard InChI is InChI=1S/C17H12FN5OS/c1-10-14(15-19-7-2-8-23(15)22-10)16(24)21-17-20-13(9-25-17)11-3-5-12(18)6-4-11/h2-9H,1H3,(H,20,21,24). The van der Waals surface area contributed by atoms with Crippen molar-refractivity contribution < 1.29 is 9.18 Å². The molecule has 8 heteroatoms. The van der Waals surface area contributed by atoms with Crippen LogP contribution in [-0.4, -0.2) is 25.5 Å². The number of aromatic nitrogens is 4. The first-order valence-electron chi connectivity index (χ1n) is 7.44. The largest absolute Gasteiger partial charge is 0.298 e. The van der Waals surface area contributed by atoms with E-state index in [0.29, 0.717) is 27.7 Å². The van der Waals surface area contributed by atoms with Crippen molar-refractivity contribution in [3.8, 4) is 11.3 Å². The monoisotopic (exact) mass is 353 g/mol. The number of nitrogens with one attached hydrogen (secondary N) is 1. The average molecular weight is 353 g/mol. The highest BCUT2D eigenvalue weighted by Gasteiger charge is 2.19. The van der Waals surface area contributed by atoms with Crippen LogP contribution in [0.4, 0.5) is 9.52 Å². The van der Waals surface area contributed by atoms with E-state index in [4.69, 9.17) is 0 Å². The number of carbonyl (C=O) groups is 1. The summed E-state index contributed by atoms with van der Waals surface area (Å²) in [5.41, 5.74) is 2.96. The average Bonchev–Trinajstić information content (AvgIpc) is 3.18. The van der Waals surface area contributed by atoms with Gasteiger partial charge >= 0.3 is 0 Å². The van der Waals surface area contributed by atoms with Gasteiger partial charge in [-0.3, -0.25) is 10.1 Å². The van der Waals surface area contributed by atoms with Crippen molar-refractivity contribution in [3.05, 3.63) is 65.2 Å². The number of aryl methyl sites for hydroxylation is 1. The van der Waals surface area contributed by atoms with Crippen LogP contribution in [0.3, 0.4) is 0 Å². The minimum atomic E-state index is -0.314. The molecule has 0 saturated heterocycles. The van der Waals surface area contributed by atoms with Gasteiger partial charge in [0.25, 0.3) is 5.91 Å². The molecule has 4 aromatic rings. The van der Waals surface area contributed by atoms with Crippen LogP contribution in [-0.2, 0) is 0 Å². The molecule has 0 aliphatic rings. The predicted molar refractivity (Wildman–Crippen MR) is 93.2 cm³/mol. The molecule has 0 atom stereocenters. The molecule has 1 N–H and O–H groups in total. The van der Waals surface area contributed by atoms with Gasteiger partial charge in [-0.15, -0.1) is 11.3 Å². The molecule has 3 heterocycles. The summed E-state index contributed by atoms with van der Waals surface area (Å²) in [5, 5.41) is 9.32. The van der Waals surface area contributed by atoms with Crippen LogP contribution in [0.25, 0.3) is 16.9 Å². The summed E-state index contributed by atoms with van der Waals surface area (Å²) in [7, 11) is 0. The molecule has 4 rings (SSSR count). The fraction of sp³-hybridized carbons (Fsp3) is 0.0588. The van der Waals surface area contributed by atoms with Crippen LogP contribution >= 0.6 is 11.3 Å². The third-order valence-corrected chi connectivity index (χ3v) is 4.42. The zero-order chi connectivity index (χ0) is 17.4. The first-order chi connectivity index (χ1) is 12.1. The number of benzene rings is 1. The van der Waals surface area contributed by atoms with Gasteiger partial charge in [0.1, 0.15) is 11.4 Å². The van der Waals surface area contributed by atoms with Crippen molar-refractivity contribution >= 4 is 28.0 Å². The number of hydrogen-bond acceptors (Lipinski definition) is 5. The Hall–Kier alpha value is -3.13. The summed E-state index contributed by atoms with van der Waals surface area (Å²) in [6, 6.07) is 7.80. The van der Waals surface area contributed by atoms with Gasteiger partial charge in [-0.05, 0) is 37.3 Å². The minimum absolute atomic E-state index is 0.302. The molecule has 1 amide bonds. The Morgan fingerprint density at radius 3 is 2.88 bits per heavy atom. The van der Waals surface area contributed by atoms with Crippen molar-refractivity contribution in [2.75, 3.05) is 5.32 Å². The Bertz CT molecular complexity index is 1070. The molecule has 1 aromatic carbocycles. The molecule has 6 nitrogen and oxygen atoms in total. The van der Waals surface area contributed by atoms with Crippen LogP contribution in [0.2, 0.25) is 0 Å². The van der Waals surface area contributed by atoms with Gasteiger partial charge in [-0.2, -0.15) is 5.10 Å². The number of hydrogen-bond donors (Lipinski definition) is 1. The lowest BCUT2D eigenvalue weighted by Gasteiger charge is -2.01. The fourth-order valence-corrected chi connectivity index (χ4v) is 3.22. The zero-order valence-electron chi connectivity index (χ0n) is 13.1. The summed E-state index contributed by atoms with van der Waals surface area (Å²) in [5.74, 6) is -0.616. The van der Waals surface area contributed by atoms with E-state index in [1.165, 1.54) is 23.5 Å². The summed E-state index contributed by atoms with van der Waals surface area (Å²) < 4.78 is 14.6. The zero-order valence-corrected chi connectivity index (χ0v) is 13.9. The highest BCUT2D eigenvalue weighted by Crippen LogP contribution is 2.26. The molecule has 124 valence electrons. The first-order valence-corrected chi connectivity index (χ1v) is 8.32. The summed E-state index contributed by atoms with van der Waals surface area (Å²) >= 11 is 1.30.